The molecule has 1 amide bonds. The van der Waals surface area contributed by atoms with Gasteiger partial charge in [-0.2, -0.15) is 0 Å². The highest BCUT2D eigenvalue weighted by Crippen LogP contribution is 2.19. The van der Waals surface area contributed by atoms with Gasteiger partial charge in [0.2, 0.25) is 5.91 Å². The molecule has 1 rings (SSSR count). The molecule has 1 aliphatic rings. The molecule has 1 fully saturated rings. The van der Waals surface area contributed by atoms with Crippen LogP contribution in [0.5, 0.6) is 0 Å². The van der Waals surface area contributed by atoms with E-state index in [2.05, 4.69) is 5.32 Å². The van der Waals surface area contributed by atoms with Gasteiger partial charge in [-0.25, -0.2) is 0 Å². The summed E-state index contributed by atoms with van der Waals surface area (Å²) in [7, 11) is 1.61. The number of carboxylic acid groups (broad SMARTS) is 1. The Bertz CT molecular complexity index is 243. The van der Waals surface area contributed by atoms with E-state index in [0.717, 1.165) is 25.9 Å². The van der Waals surface area contributed by atoms with Crippen LogP contribution in [0, 0.1) is 5.92 Å². The van der Waals surface area contributed by atoms with E-state index < -0.39 is 5.97 Å². The van der Waals surface area contributed by atoms with Gasteiger partial charge in [0.05, 0.1) is 6.54 Å². The van der Waals surface area contributed by atoms with E-state index in [9.17, 15) is 9.59 Å². The molecule has 0 aromatic heterocycles. The minimum absolute atomic E-state index is 0.00836. The highest BCUT2D eigenvalue weighted by atomic mass is 16.4. The predicted octanol–water partition coefficient (Wildman–Crippen LogP) is -0.0809. The van der Waals surface area contributed by atoms with Crippen LogP contribution in [0.25, 0.3) is 0 Å². The monoisotopic (exact) mass is 214 g/mol. The number of piperidine rings is 1. The van der Waals surface area contributed by atoms with Crippen LogP contribution in [0.1, 0.15) is 19.3 Å². The Morgan fingerprint density at radius 2 is 2.27 bits per heavy atom. The zero-order chi connectivity index (χ0) is 11.3. The number of carbonyl (C=O) groups excluding carboxylic acids is 1. The van der Waals surface area contributed by atoms with E-state index in [1.807, 2.05) is 4.90 Å². The van der Waals surface area contributed by atoms with Crippen molar-refractivity contribution in [1.29, 1.82) is 0 Å². The first-order chi connectivity index (χ1) is 7.11. The number of hydrogen-bond acceptors (Lipinski definition) is 3. The first-order valence-corrected chi connectivity index (χ1v) is 5.26. The molecule has 0 bridgehead atoms. The largest absolute Gasteiger partial charge is 0.481 e. The molecule has 1 aliphatic heterocycles. The Kier molecular flexibility index (Phi) is 4.55. The molecule has 5 heteroatoms. The van der Waals surface area contributed by atoms with Crippen LogP contribution in [-0.4, -0.2) is 48.6 Å². The van der Waals surface area contributed by atoms with E-state index >= 15 is 0 Å². The minimum Gasteiger partial charge on any atom is -0.481 e. The van der Waals surface area contributed by atoms with Crippen LogP contribution >= 0.6 is 0 Å². The molecule has 0 aromatic carbocycles. The van der Waals surface area contributed by atoms with Crippen molar-refractivity contribution >= 4 is 11.9 Å². The summed E-state index contributed by atoms with van der Waals surface area (Å²) in [6.07, 6.45) is 2.15. The number of carbonyl (C=O) groups is 2. The molecule has 1 atom stereocenters. The normalized spacial score (nSPS) is 22.3. The van der Waals surface area contributed by atoms with Crippen LogP contribution in [0.3, 0.4) is 0 Å². The zero-order valence-electron chi connectivity index (χ0n) is 9.03. The van der Waals surface area contributed by atoms with Crippen molar-refractivity contribution in [3.05, 3.63) is 0 Å². The number of nitrogens with one attached hydrogen (secondary N) is 1. The quantitative estimate of drug-likeness (QED) is 0.686. The first-order valence-electron chi connectivity index (χ1n) is 5.26. The average molecular weight is 214 g/mol. The summed E-state index contributed by atoms with van der Waals surface area (Å²) in [4.78, 5) is 23.7. The Balaban J connectivity index is 2.35. The topological polar surface area (TPSA) is 69.6 Å². The van der Waals surface area contributed by atoms with Gasteiger partial charge in [0.25, 0.3) is 0 Å². The van der Waals surface area contributed by atoms with Gasteiger partial charge in [-0.1, -0.05) is 0 Å². The fraction of sp³-hybridized carbons (Fsp3) is 0.800. The molecule has 0 saturated carbocycles. The van der Waals surface area contributed by atoms with Crippen LogP contribution in [0.15, 0.2) is 0 Å². The number of rotatable bonds is 4. The minimum atomic E-state index is -0.748. The molecule has 0 aliphatic carbocycles. The summed E-state index contributed by atoms with van der Waals surface area (Å²) < 4.78 is 0. The lowest BCUT2D eigenvalue weighted by Crippen LogP contribution is -2.42. The second-order valence-electron chi connectivity index (χ2n) is 4.01. The van der Waals surface area contributed by atoms with Gasteiger partial charge >= 0.3 is 5.97 Å². The van der Waals surface area contributed by atoms with Crippen molar-refractivity contribution in [3.8, 4) is 0 Å². The Morgan fingerprint density at radius 1 is 1.53 bits per heavy atom. The smallest absolute Gasteiger partial charge is 0.303 e. The van der Waals surface area contributed by atoms with Gasteiger partial charge in [-0.3, -0.25) is 14.5 Å². The highest BCUT2D eigenvalue weighted by Gasteiger charge is 2.22. The molecule has 86 valence electrons. The molecule has 0 spiro atoms. The van der Waals surface area contributed by atoms with Crippen molar-refractivity contribution in [2.75, 3.05) is 26.7 Å². The summed E-state index contributed by atoms with van der Waals surface area (Å²) in [6.45, 7) is 2.00. The van der Waals surface area contributed by atoms with Gasteiger partial charge in [-0.05, 0) is 25.3 Å². The molecular weight excluding hydrogens is 196 g/mol. The number of likely N-dealkylation sites (tertiary alicyclic amines) is 1. The van der Waals surface area contributed by atoms with E-state index in [4.69, 9.17) is 5.11 Å². The Hall–Kier alpha value is -1.10. The summed E-state index contributed by atoms with van der Waals surface area (Å²) >= 11 is 0. The number of aliphatic carboxylic acids is 1. The zero-order valence-corrected chi connectivity index (χ0v) is 9.03. The second kappa shape index (κ2) is 5.70. The number of hydrogen-bond donors (Lipinski definition) is 2. The fourth-order valence-corrected chi connectivity index (χ4v) is 1.99. The molecule has 1 saturated heterocycles. The molecule has 1 heterocycles. The number of nitrogens with zero attached hydrogens (tertiary/aromatic N) is 1. The SMILES string of the molecule is CNC(=O)CN1CCCC(CC(=O)O)C1. The third-order valence-electron chi connectivity index (χ3n) is 2.71. The first kappa shape index (κ1) is 12.0. The molecule has 5 nitrogen and oxygen atoms in total. The standard InChI is InChI=1S/C10H18N2O3/c1-11-9(13)7-12-4-2-3-8(6-12)5-10(14)15/h8H,2-7H2,1H3,(H,11,13)(H,14,15). The lowest BCUT2D eigenvalue weighted by atomic mass is 9.95. The van der Waals surface area contributed by atoms with Crippen molar-refractivity contribution in [1.82, 2.24) is 10.2 Å². The third kappa shape index (κ3) is 4.29. The molecule has 15 heavy (non-hydrogen) atoms. The summed E-state index contributed by atoms with van der Waals surface area (Å²) in [5.74, 6) is -0.561. The van der Waals surface area contributed by atoms with Crippen molar-refractivity contribution in [3.63, 3.8) is 0 Å². The molecular formula is C10H18N2O3. The van der Waals surface area contributed by atoms with Crippen LogP contribution in [0.2, 0.25) is 0 Å². The summed E-state index contributed by atoms with van der Waals surface area (Å²) in [6, 6.07) is 0. The number of carboxylic acids is 1. The molecule has 1 unspecified atom stereocenters. The van der Waals surface area contributed by atoms with Gasteiger partial charge in [0.1, 0.15) is 0 Å². The summed E-state index contributed by atoms with van der Waals surface area (Å²) in [5.41, 5.74) is 0. The van der Waals surface area contributed by atoms with Gasteiger partial charge in [-0.15, -0.1) is 0 Å². The van der Waals surface area contributed by atoms with Crippen LogP contribution < -0.4 is 5.32 Å². The highest BCUT2D eigenvalue weighted by molar-refractivity contribution is 5.77. The lowest BCUT2D eigenvalue weighted by Gasteiger charge is -2.31. The Labute approximate surface area is 89.4 Å². The van der Waals surface area contributed by atoms with Gasteiger partial charge < -0.3 is 10.4 Å². The lowest BCUT2D eigenvalue weighted by molar-refractivity contribution is -0.138. The molecule has 0 radical (unpaired) electrons. The maximum absolute atomic E-state index is 11.1. The number of likely N-dealkylation sites (N-methyl/N-ethyl adjacent to an activating group) is 1. The van der Waals surface area contributed by atoms with Crippen molar-refractivity contribution in [2.24, 2.45) is 5.92 Å². The maximum atomic E-state index is 11.1. The van der Waals surface area contributed by atoms with Crippen molar-refractivity contribution in [2.45, 2.75) is 19.3 Å². The van der Waals surface area contributed by atoms with E-state index in [-0.39, 0.29) is 18.2 Å². The van der Waals surface area contributed by atoms with E-state index in [0.29, 0.717) is 6.54 Å². The van der Waals surface area contributed by atoms with Crippen LogP contribution in [-0.2, 0) is 9.59 Å². The summed E-state index contributed by atoms with van der Waals surface area (Å²) in [5, 5.41) is 11.3. The number of amides is 1. The van der Waals surface area contributed by atoms with E-state index in [1.165, 1.54) is 0 Å². The van der Waals surface area contributed by atoms with E-state index in [1.54, 1.807) is 7.05 Å². The van der Waals surface area contributed by atoms with Gasteiger partial charge in [0, 0.05) is 20.0 Å². The van der Waals surface area contributed by atoms with Gasteiger partial charge in [0.15, 0.2) is 0 Å². The molecule has 0 aromatic rings. The van der Waals surface area contributed by atoms with Crippen LogP contribution in [0.4, 0.5) is 0 Å². The Morgan fingerprint density at radius 3 is 2.87 bits per heavy atom. The average Bonchev–Trinajstić information content (AvgIpc) is 2.17. The maximum Gasteiger partial charge on any atom is 0.303 e. The second-order valence-corrected chi connectivity index (χ2v) is 4.01. The predicted molar refractivity (Wildman–Crippen MR) is 55.5 cm³/mol. The fourth-order valence-electron chi connectivity index (χ4n) is 1.99. The van der Waals surface area contributed by atoms with Crippen molar-refractivity contribution < 1.29 is 14.7 Å². The third-order valence-corrected chi connectivity index (χ3v) is 2.71. The molecule has 2 N–H and O–H groups in total.